The maximum atomic E-state index is 13.3. The summed E-state index contributed by atoms with van der Waals surface area (Å²) in [4.78, 5) is 38.2. The summed E-state index contributed by atoms with van der Waals surface area (Å²) in [5.41, 5.74) is 4.17. The van der Waals surface area contributed by atoms with Crippen molar-refractivity contribution in [1.29, 1.82) is 5.26 Å². The van der Waals surface area contributed by atoms with Crippen LogP contribution in [0.2, 0.25) is 0 Å². The number of hydrogen-bond acceptors (Lipinski definition) is 7. The highest BCUT2D eigenvalue weighted by atomic mass is 16.1. The quantitative estimate of drug-likeness (QED) is 0.515. The average molecular weight is 471 g/mol. The molecule has 4 rings (SSSR count). The van der Waals surface area contributed by atoms with Crippen molar-refractivity contribution in [2.45, 2.75) is 65.0 Å². The minimum absolute atomic E-state index is 0.0724. The molecule has 1 fully saturated rings. The van der Waals surface area contributed by atoms with Crippen LogP contribution in [0.15, 0.2) is 36.8 Å². The van der Waals surface area contributed by atoms with E-state index >= 15 is 0 Å². The number of hydrogen-bond donors (Lipinski definition) is 2. The number of Topliss-reactive ketones (excluding diaryl/α,β-unsaturated/α-hetero) is 1. The van der Waals surface area contributed by atoms with Crippen molar-refractivity contribution in [2.24, 2.45) is 5.92 Å². The Morgan fingerprint density at radius 3 is 2.60 bits per heavy atom. The normalized spacial score (nSPS) is 17.7. The Bertz CT molecular complexity index is 1290. The highest BCUT2D eigenvalue weighted by molar-refractivity contribution is 6.06. The van der Waals surface area contributed by atoms with Gasteiger partial charge in [0.2, 0.25) is 0 Å². The molecule has 1 saturated carbocycles. The van der Waals surface area contributed by atoms with Crippen LogP contribution >= 0.6 is 0 Å². The molecular formula is C27H30N6O2. The molecule has 8 nitrogen and oxygen atoms in total. The van der Waals surface area contributed by atoms with Gasteiger partial charge in [-0.05, 0) is 70.6 Å². The maximum Gasteiger partial charge on any atom is 0.255 e. The van der Waals surface area contributed by atoms with E-state index in [0.717, 1.165) is 31.2 Å². The summed E-state index contributed by atoms with van der Waals surface area (Å²) >= 11 is 0. The Morgan fingerprint density at radius 1 is 1.14 bits per heavy atom. The molecule has 3 heterocycles. The number of carbonyl (C=O) groups is 2. The maximum absolute atomic E-state index is 13.3. The summed E-state index contributed by atoms with van der Waals surface area (Å²) in [5, 5.41) is 15.8. The summed E-state index contributed by atoms with van der Waals surface area (Å²) in [6.45, 7) is 5.66. The third-order valence-electron chi connectivity index (χ3n) is 6.31. The number of anilines is 1. The van der Waals surface area contributed by atoms with Crippen molar-refractivity contribution in [3.63, 3.8) is 0 Å². The predicted octanol–water partition coefficient (Wildman–Crippen LogP) is 4.65. The van der Waals surface area contributed by atoms with Crippen LogP contribution in [0.1, 0.15) is 68.8 Å². The number of fused-ring (bicyclic) bond motifs is 1. The van der Waals surface area contributed by atoms with Crippen molar-refractivity contribution < 1.29 is 9.59 Å². The molecule has 180 valence electrons. The van der Waals surface area contributed by atoms with Gasteiger partial charge >= 0.3 is 0 Å². The Hall–Kier alpha value is -3.86. The fourth-order valence-electron chi connectivity index (χ4n) is 4.66. The highest BCUT2D eigenvalue weighted by Crippen LogP contribution is 2.30. The number of aromatic nitrogens is 3. The van der Waals surface area contributed by atoms with E-state index in [4.69, 9.17) is 4.98 Å². The van der Waals surface area contributed by atoms with Gasteiger partial charge in [0, 0.05) is 42.7 Å². The average Bonchev–Trinajstić information content (AvgIpc) is 2.84. The minimum atomic E-state index is -0.182. The van der Waals surface area contributed by atoms with Crippen LogP contribution in [0.3, 0.4) is 0 Å². The molecule has 0 unspecified atom stereocenters. The molecule has 0 bridgehead atoms. The second-order valence-electron chi connectivity index (χ2n) is 9.58. The van der Waals surface area contributed by atoms with E-state index in [0.29, 0.717) is 45.9 Å². The van der Waals surface area contributed by atoms with Crippen LogP contribution in [0.4, 0.5) is 5.69 Å². The van der Waals surface area contributed by atoms with Crippen LogP contribution in [0.5, 0.6) is 0 Å². The fraction of sp³-hybridized carbons (Fsp3) is 0.407. The third kappa shape index (κ3) is 5.80. The third-order valence-corrected chi connectivity index (χ3v) is 6.31. The molecule has 0 spiro atoms. The lowest BCUT2D eigenvalue weighted by molar-refractivity contribution is -0.118. The van der Waals surface area contributed by atoms with E-state index in [-0.39, 0.29) is 23.8 Å². The first kappa shape index (κ1) is 24.3. The molecule has 2 N–H and O–H groups in total. The topological polar surface area (TPSA) is 121 Å². The van der Waals surface area contributed by atoms with Gasteiger partial charge in [0.15, 0.2) is 0 Å². The van der Waals surface area contributed by atoms with Gasteiger partial charge in [0.25, 0.3) is 5.91 Å². The standard InChI is InChI=1S/C27H30N6O2/c1-16(2)31-25-22(27(35)32-21-6-4-18(5-7-21)10-17(3)34)15-30-24-9-8-23(33-26(24)25)20-11-19(12-28)13-29-14-20/h8-9,11,13-16,18,21H,4-7,10H2,1-3H3,(H,30,31)(H,32,35). The number of rotatable bonds is 7. The van der Waals surface area contributed by atoms with Crippen LogP contribution in [0.25, 0.3) is 22.3 Å². The Kier molecular flexibility index (Phi) is 7.35. The van der Waals surface area contributed by atoms with Gasteiger partial charge in [-0.25, -0.2) is 4.98 Å². The van der Waals surface area contributed by atoms with Gasteiger partial charge in [-0.1, -0.05) is 0 Å². The first-order valence-corrected chi connectivity index (χ1v) is 12.1. The van der Waals surface area contributed by atoms with E-state index in [9.17, 15) is 14.9 Å². The Morgan fingerprint density at radius 2 is 1.91 bits per heavy atom. The molecule has 1 aliphatic rings. The number of nitrogens with zero attached hydrogens (tertiary/aromatic N) is 4. The smallest absolute Gasteiger partial charge is 0.255 e. The molecule has 35 heavy (non-hydrogen) atoms. The Labute approximate surface area is 205 Å². The molecule has 8 heteroatoms. The summed E-state index contributed by atoms with van der Waals surface area (Å²) in [5.74, 6) is 0.460. The van der Waals surface area contributed by atoms with Crippen molar-refractivity contribution in [3.05, 3.63) is 47.9 Å². The molecule has 0 saturated heterocycles. The van der Waals surface area contributed by atoms with Gasteiger partial charge in [0.05, 0.1) is 28.0 Å². The molecule has 1 amide bonds. The molecule has 0 aromatic carbocycles. The van der Waals surface area contributed by atoms with Crippen LogP contribution in [-0.4, -0.2) is 38.7 Å². The van der Waals surface area contributed by atoms with E-state index in [1.165, 1.54) is 6.20 Å². The largest absolute Gasteiger partial charge is 0.380 e. The number of pyridine rings is 3. The van der Waals surface area contributed by atoms with Crippen molar-refractivity contribution >= 4 is 28.4 Å². The number of amides is 1. The van der Waals surface area contributed by atoms with Crippen molar-refractivity contribution in [1.82, 2.24) is 20.3 Å². The zero-order valence-electron chi connectivity index (χ0n) is 20.3. The first-order chi connectivity index (χ1) is 16.8. The second-order valence-corrected chi connectivity index (χ2v) is 9.58. The minimum Gasteiger partial charge on any atom is -0.380 e. The van der Waals surface area contributed by atoms with E-state index in [1.54, 1.807) is 25.4 Å². The highest BCUT2D eigenvalue weighted by Gasteiger charge is 2.25. The van der Waals surface area contributed by atoms with Crippen molar-refractivity contribution in [3.8, 4) is 17.3 Å². The van der Waals surface area contributed by atoms with Gasteiger partial charge in [-0.15, -0.1) is 0 Å². The summed E-state index contributed by atoms with van der Waals surface area (Å²) < 4.78 is 0. The van der Waals surface area contributed by atoms with Crippen molar-refractivity contribution in [2.75, 3.05) is 5.32 Å². The van der Waals surface area contributed by atoms with Gasteiger partial charge in [-0.3, -0.25) is 14.8 Å². The number of ketones is 1. The zero-order valence-corrected chi connectivity index (χ0v) is 20.3. The summed E-state index contributed by atoms with van der Waals surface area (Å²) in [6.07, 6.45) is 9.01. The van der Waals surface area contributed by atoms with Crippen LogP contribution in [-0.2, 0) is 4.79 Å². The number of nitrogens with one attached hydrogen (secondary N) is 2. The predicted molar refractivity (Wildman–Crippen MR) is 135 cm³/mol. The number of carbonyl (C=O) groups excluding carboxylic acids is 2. The molecule has 1 aliphatic carbocycles. The lowest BCUT2D eigenvalue weighted by Gasteiger charge is -2.29. The molecule has 3 aromatic rings. The molecule has 0 aliphatic heterocycles. The Balaban J connectivity index is 1.63. The monoisotopic (exact) mass is 470 g/mol. The van der Waals surface area contributed by atoms with Crippen LogP contribution < -0.4 is 10.6 Å². The molecular weight excluding hydrogens is 440 g/mol. The van der Waals surface area contributed by atoms with Crippen LogP contribution in [0, 0.1) is 17.2 Å². The zero-order chi connectivity index (χ0) is 24.9. The SMILES string of the molecule is CC(=O)CC1CCC(NC(=O)c2cnc3ccc(-c4cncc(C#N)c4)nc3c2NC(C)C)CC1. The van der Waals surface area contributed by atoms with Gasteiger partial charge in [-0.2, -0.15) is 5.26 Å². The van der Waals surface area contributed by atoms with E-state index in [1.807, 2.05) is 26.0 Å². The number of nitriles is 1. The van der Waals surface area contributed by atoms with Gasteiger partial charge in [0.1, 0.15) is 17.4 Å². The molecule has 0 radical (unpaired) electrons. The summed E-state index contributed by atoms with van der Waals surface area (Å²) in [7, 11) is 0. The van der Waals surface area contributed by atoms with E-state index < -0.39 is 0 Å². The molecule has 0 atom stereocenters. The lowest BCUT2D eigenvalue weighted by Crippen LogP contribution is -2.38. The summed E-state index contributed by atoms with van der Waals surface area (Å²) in [6, 6.07) is 7.69. The van der Waals surface area contributed by atoms with Gasteiger partial charge < -0.3 is 15.4 Å². The second kappa shape index (κ2) is 10.6. The first-order valence-electron chi connectivity index (χ1n) is 12.1. The lowest BCUT2D eigenvalue weighted by atomic mass is 9.83. The molecule has 3 aromatic heterocycles. The van der Waals surface area contributed by atoms with E-state index in [2.05, 4.69) is 26.7 Å². The fourth-order valence-corrected chi connectivity index (χ4v) is 4.66.